The second kappa shape index (κ2) is 40.3. The molecule has 0 bridgehead atoms. The number of furan rings is 1. The second-order valence-corrected chi connectivity index (χ2v) is 28.9. The van der Waals surface area contributed by atoms with E-state index in [1.807, 2.05) is 109 Å². The number of rotatable bonds is 27. The Morgan fingerprint density at radius 1 is 0.405 bits per heavy atom. The SMILES string of the molecule is CCOC(=O)c1c(OCCCN(C)C)nc2ccc(C)cc2c1N1CCN(C(=O)c2ccc(Cl)cc2)CC1.CCOC(=O)c1c(OCCCN(C)C)nc2ccc(Cl)cc2c1N1CCN(C(=O)c2ccc(Cl)cc2)CC1.CCOC(=O)c1c(OCCCN(C)C)nc2ccccc2c1N1CCN(C(=O)c2ccco2)CC1. The van der Waals surface area contributed by atoms with Gasteiger partial charge in [0.2, 0.25) is 17.6 Å². The molecule has 0 radical (unpaired) electrons. The van der Waals surface area contributed by atoms with Crippen molar-refractivity contribution < 1.29 is 61.6 Å². The largest absolute Gasteiger partial charge is 0.477 e. The van der Waals surface area contributed by atoms with Crippen molar-refractivity contribution in [1.29, 1.82) is 0 Å². The summed E-state index contributed by atoms with van der Waals surface area (Å²) in [6, 6.07) is 36.3. The fraction of sp³-hybridized carbons (Fsp3) is 0.410. The molecule has 0 spiro atoms. The average Bonchev–Trinajstić information content (AvgIpc) is 1.51. The van der Waals surface area contributed by atoms with Crippen molar-refractivity contribution in [3.8, 4) is 17.6 Å². The molecule has 0 aliphatic carbocycles. The highest BCUT2D eigenvalue weighted by atomic mass is 35.5. The molecule has 111 heavy (non-hydrogen) atoms. The zero-order valence-electron chi connectivity index (χ0n) is 64.9. The number of halogens is 3. The van der Waals surface area contributed by atoms with Crippen molar-refractivity contribution in [2.24, 2.45) is 0 Å². The summed E-state index contributed by atoms with van der Waals surface area (Å²) in [5, 5.41) is 4.16. The van der Waals surface area contributed by atoms with Crippen LogP contribution >= 0.6 is 34.8 Å². The van der Waals surface area contributed by atoms with Crippen LogP contribution in [0.15, 0.2) is 132 Å². The van der Waals surface area contributed by atoms with Gasteiger partial charge >= 0.3 is 17.9 Å². The molecule has 0 unspecified atom stereocenters. The highest BCUT2D eigenvalue weighted by Gasteiger charge is 2.35. The lowest BCUT2D eigenvalue weighted by Crippen LogP contribution is -2.49. The molecule has 3 fully saturated rings. The van der Waals surface area contributed by atoms with E-state index in [0.29, 0.717) is 153 Å². The van der Waals surface area contributed by atoms with E-state index in [2.05, 4.69) is 39.4 Å². The van der Waals surface area contributed by atoms with Crippen molar-refractivity contribution in [3.63, 3.8) is 0 Å². The standard InChI is InChI=1S/C29H35ClN4O4.C28H32Cl2N4O4.C26H32N4O5/c1-5-37-29(36)25-26(33-14-16-34(17-15-33)28(35)21-8-10-22(30)11-9-21)23-19-20(2)7-12-24(23)31-27(25)38-18-6-13-32(3)4;1-4-37-28(36)24-25(33-13-15-34(16-14-33)27(35)19-6-8-20(29)9-7-19)22-18-21(30)10-11-23(22)31-26(24)38-17-5-12-32(2)3;1-4-33-26(32)22-23(29-13-15-30(16-14-29)25(31)21-11-7-17-34-21)19-9-5-6-10-20(19)27-24(22)35-18-8-12-28(2)3/h7-12,19H,5-6,13-18H2,1-4H3;6-11,18H,4-5,12-17H2,1-3H3;5-7,9-11,17H,4,8,12-16,18H2,1-3H3. The van der Waals surface area contributed by atoms with Gasteiger partial charge in [0.1, 0.15) is 16.7 Å². The van der Waals surface area contributed by atoms with Gasteiger partial charge in [-0.25, -0.2) is 29.3 Å². The Balaban J connectivity index is 0.000000177. The molecule has 7 heterocycles. The average molecular weight is 1580 g/mol. The lowest BCUT2D eigenvalue weighted by atomic mass is 10.0. The summed E-state index contributed by atoms with van der Waals surface area (Å²) < 4.78 is 39.9. The summed E-state index contributed by atoms with van der Waals surface area (Å²) in [5.41, 5.74) is 7.52. The molecular weight excluding hydrogens is 1480 g/mol. The number of aryl methyl sites for hydroxylation is 1. The predicted molar refractivity (Wildman–Crippen MR) is 435 cm³/mol. The van der Waals surface area contributed by atoms with Crippen LogP contribution < -0.4 is 28.9 Å². The van der Waals surface area contributed by atoms with E-state index in [1.54, 1.807) is 97.3 Å². The number of pyridine rings is 3. The molecule has 3 aliphatic heterocycles. The number of aromatic nitrogens is 3. The number of amides is 3. The Morgan fingerprint density at radius 3 is 1.14 bits per heavy atom. The van der Waals surface area contributed by atoms with Gasteiger partial charge in [-0.05, 0) is 186 Å². The van der Waals surface area contributed by atoms with Crippen LogP contribution in [0.2, 0.25) is 15.1 Å². The maximum Gasteiger partial charge on any atom is 0.345 e. The van der Waals surface area contributed by atoms with E-state index in [0.717, 1.165) is 83.0 Å². The van der Waals surface area contributed by atoms with Crippen LogP contribution in [0, 0.1) is 6.92 Å². The number of ether oxygens (including phenoxy) is 6. The molecule has 25 nitrogen and oxygen atoms in total. The van der Waals surface area contributed by atoms with E-state index in [1.165, 1.54) is 6.26 Å². The lowest BCUT2D eigenvalue weighted by molar-refractivity contribution is 0.0511. The van der Waals surface area contributed by atoms with Gasteiger partial charge in [0.05, 0.1) is 79.5 Å². The van der Waals surface area contributed by atoms with Gasteiger partial charge < -0.3 is 76.9 Å². The number of piperazine rings is 3. The molecule has 5 aromatic carbocycles. The molecule has 4 aromatic heterocycles. The molecule has 0 atom stereocenters. The van der Waals surface area contributed by atoms with Crippen LogP contribution in [0.25, 0.3) is 32.7 Å². The van der Waals surface area contributed by atoms with Gasteiger partial charge in [0.25, 0.3) is 17.7 Å². The fourth-order valence-electron chi connectivity index (χ4n) is 13.3. The molecule has 3 aliphatic rings. The molecule has 590 valence electrons. The van der Waals surface area contributed by atoms with Crippen molar-refractivity contribution in [2.45, 2.75) is 47.0 Å². The number of hydrogen-bond donors (Lipinski definition) is 0. The molecule has 12 rings (SSSR count). The van der Waals surface area contributed by atoms with Crippen molar-refractivity contribution in [3.05, 3.63) is 182 Å². The van der Waals surface area contributed by atoms with Crippen LogP contribution in [-0.4, -0.2) is 260 Å². The van der Waals surface area contributed by atoms with Crippen molar-refractivity contribution >= 4 is 120 Å². The minimum absolute atomic E-state index is 0.0349. The van der Waals surface area contributed by atoms with E-state index in [-0.39, 0.29) is 60.7 Å². The summed E-state index contributed by atoms with van der Waals surface area (Å²) in [6.45, 7) is 18.1. The molecule has 0 saturated carbocycles. The number of carbonyl (C=O) groups excluding carboxylic acids is 6. The summed E-state index contributed by atoms with van der Waals surface area (Å²) in [6.07, 6.45) is 3.87. The highest BCUT2D eigenvalue weighted by Crippen LogP contribution is 2.41. The van der Waals surface area contributed by atoms with Crippen LogP contribution in [-0.2, 0) is 14.2 Å². The summed E-state index contributed by atoms with van der Waals surface area (Å²) >= 11 is 18.3. The number of carbonyl (C=O) groups is 6. The first-order valence-corrected chi connectivity index (χ1v) is 38.7. The third-order valence-electron chi connectivity index (χ3n) is 18.8. The van der Waals surface area contributed by atoms with Gasteiger partial charge in [-0.2, -0.15) is 0 Å². The van der Waals surface area contributed by atoms with Crippen molar-refractivity contribution in [1.82, 2.24) is 44.4 Å². The van der Waals surface area contributed by atoms with Gasteiger partial charge in [-0.1, -0.05) is 64.6 Å². The molecule has 3 saturated heterocycles. The fourth-order valence-corrected chi connectivity index (χ4v) is 13.7. The molecular formula is C83H99Cl3N12O13. The number of hydrogen-bond acceptors (Lipinski definition) is 22. The molecule has 3 amide bonds. The number of nitrogens with zero attached hydrogens (tertiary/aromatic N) is 12. The van der Waals surface area contributed by atoms with Gasteiger partial charge in [-0.3, -0.25) is 14.4 Å². The van der Waals surface area contributed by atoms with E-state index < -0.39 is 17.9 Å². The smallest absolute Gasteiger partial charge is 0.345 e. The van der Waals surface area contributed by atoms with Crippen LogP contribution in [0.3, 0.4) is 0 Å². The van der Waals surface area contributed by atoms with E-state index >= 15 is 0 Å². The monoisotopic (exact) mass is 1580 g/mol. The second-order valence-electron chi connectivity index (χ2n) is 27.6. The van der Waals surface area contributed by atoms with Crippen LogP contribution in [0.1, 0.15) is 108 Å². The first-order valence-electron chi connectivity index (χ1n) is 37.6. The third kappa shape index (κ3) is 21.8. The number of para-hydroxylation sites is 1. The number of benzene rings is 5. The number of fused-ring (bicyclic) bond motifs is 3. The van der Waals surface area contributed by atoms with Crippen LogP contribution in [0.4, 0.5) is 17.1 Å². The lowest BCUT2D eigenvalue weighted by Gasteiger charge is -2.37. The Kier molecular flexibility index (Phi) is 30.3. The maximum absolute atomic E-state index is 13.3. The van der Waals surface area contributed by atoms with E-state index in [9.17, 15) is 28.8 Å². The Bertz CT molecular complexity index is 4460. The zero-order valence-corrected chi connectivity index (χ0v) is 67.2. The first-order chi connectivity index (χ1) is 53.5. The minimum Gasteiger partial charge on any atom is -0.477 e. The molecule has 9 aromatic rings. The maximum atomic E-state index is 13.3. The van der Waals surface area contributed by atoms with E-state index in [4.69, 9.17) is 72.6 Å². The molecule has 28 heteroatoms. The van der Waals surface area contributed by atoms with Crippen LogP contribution in [0.5, 0.6) is 17.6 Å². The summed E-state index contributed by atoms with van der Waals surface area (Å²) in [4.78, 5) is 111. The van der Waals surface area contributed by atoms with Gasteiger partial charge in [0, 0.05) is 141 Å². The third-order valence-corrected chi connectivity index (χ3v) is 19.5. The summed E-state index contributed by atoms with van der Waals surface area (Å²) in [7, 11) is 12.0. The zero-order chi connectivity index (χ0) is 79.3. The Labute approximate surface area is 663 Å². The number of esters is 3. The number of anilines is 3. The topological polar surface area (TPSA) is 239 Å². The quantitative estimate of drug-likeness (QED) is 0.0264. The predicted octanol–water partition coefficient (Wildman–Crippen LogP) is 13.0. The Hall–Kier alpha value is -10.0. The van der Waals surface area contributed by atoms with Crippen molar-refractivity contribution in [2.75, 3.05) is 195 Å². The molecule has 0 N–H and O–H groups in total. The van der Waals surface area contributed by atoms with Gasteiger partial charge in [0.15, 0.2) is 5.76 Å². The highest BCUT2D eigenvalue weighted by molar-refractivity contribution is 6.32. The first kappa shape index (κ1) is 83.5. The van der Waals surface area contributed by atoms with Gasteiger partial charge in [-0.15, -0.1) is 0 Å². The summed E-state index contributed by atoms with van der Waals surface area (Å²) in [5.74, 6) is -0.507. The minimum atomic E-state index is -0.501. The Morgan fingerprint density at radius 2 is 0.757 bits per heavy atom. The normalized spacial score (nSPS) is 13.8.